The maximum atomic E-state index is 13.3. The molecule has 214 valence electrons. The number of hydrogen-bond acceptors (Lipinski definition) is 10. The number of allylic oxidation sites excluding steroid dienone is 1. The topological polar surface area (TPSA) is 168 Å². The Bertz CT molecular complexity index is 1270. The lowest BCUT2D eigenvalue weighted by molar-refractivity contribution is -0.384. The molecule has 0 radical (unpaired) electrons. The lowest BCUT2D eigenvalue weighted by atomic mass is 10.0. The number of ether oxygens (including phenoxy) is 2. The highest BCUT2D eigenvalue weighted by Crippen LogP contribution is 2.33. The maximum absolute atomic E-state index is 13.3. The molecule has 3 rings (SSSR count). The number of likely N-dealkylation sites (tertiary alicyclic amines) is 1. The Morgan fingerprint density at radius 1 is 1.15 bits per heavy atom. The van der Waals surface area contributed by atoms with E-state index in [9.17, 15) is 33.8 Å². The van der Waals surface area contributed by atoms with Crippen LogP contribution < -0.4 is 5.32 Å². The SMILES string of the molecule is CCOC(=O)CC[S+]([O-])C1C(NC(=O)Cc2cccs2)C(=O)N1C(C(=O)OCc1ccc([N+](=O)[O-])cc1)=C(C)C. The molecule has 2 aromatic rings. The lowest BCUT2D eigenvalue weighted by Crippen LogP contribution is -2.73. The fourth-order valence-corrected chi connectivity index (χ4v) is 6.16. The van der Waals surface area contributed by atoms with E-state index in [1.54, 1.807) is 32.9 Å². The molecule has 12 nitrogen and oxygen atoms in total. The molecule has 0 spiro atoms. The van der Waals surface area contributed by atoms with Crippen molar-refractivity contribution < 1.29 is 38.1 Å². The number of nitro benzene ring substituents is 1. The first-order valence-corrected chi connectivity index (χ1v) is 14.5. The fourth-order valence-electron chi connectivity index (χ4n) is 3.91. The zero-order chi connectivity index (χ0) is 29.4. The third-order valence-electron chi connectivity index (χ3n) is 5.78. The molecule has 1 aliphatic rings. The first-order chi connectivity index (χ1) is 19.0. The molecule has 1 aromatic heterocycles. The molecule has 2 heterocycles. The zero-order valence-corrected chi connectivity index (χ0v) is 23.7. The van der Waals surface area contributed by atoms with Crippen molar-refractivity contribution in [3.05, 3.63) is 73.6 Å². The molecule has 0 bridgehead atoms. The number of thiophene rings is 1. The van der Waals surface area contributed by atoms with E-state index < -0.39 is 51.3 Å². The van der Waals surface area contributed by atoms with E-state index in [0.29, 0.717) is 11.1 Å². The number of nitrogens with zero attached hydrogens (tertiary/aromatic N) is 2. The van der Waals surface area contributed by atoms with Gasteiger partial charge < -0.3 is 19.3 Å². The van der Waals surface area contributed by atoms with Crippen molar-refractivity contribution in [3.8, 4) is 0 Å². The van der Waals surface area contributed by atoms with Gasteiger partial charge in [0.2, 0.25) is 11.3 Å². The van der Waals surface area contributed by atoms with Crippen LogP contribution in [0.15, 0.2) is 53.0 Å². The van der Waals surface area contributed by atoms with E-state index >= 15 is 0 Å². The maximum Gasteiger partial charge on any atom is 0.355 e. The summed E-state index contributed by atoms with van der Waals surface area (Å²) < 4.78 is 23.6. The third-order valence-corrected chi connectivity index (χ3v) is 8.29. The second-order valence-corrected chi connectivity index (χ2v) is 11.6. The van der Waals surface area contributed by atoms with Gasteiger partial charge in [0.1, 0.15) is 18.1 Å². The largest absolute Gasteiger partial charge is 0.615 e. The summed E-state index contributed by atoms with van der Waals surface area (Å²) in [5, 5.41) is 14.2. The number of benzene rings is 1. The first kappa shape index (κ1) is 30.8. The van der Waals surface area contributed by atoms with Gasteiger partial charge in [-0.3, -0.25) is 29.4 Å². The van der Waals surface area contributed by atoms with E-state index in [1.807, 2.05) is 5.38 Å². The number of esters is 2. The summed E-state index contributed by atoms with van der Waals surface area (Å²) in [5.74, 6) is -2.68. The molecule has 3 unspecified atom stereocenters. The molecule has 2 amide bonds. The Kier molecular flexibility index (Phi) is 10.8. The Morgan fingerprint density at radius 3 is 2.42 bits per heavy atom. The van der Waals surface area contributed by atoms with Gasteiger partial charge in [-0.05, 0) is 66.7 Å². The van der Waals surface area contributed by atoms with Crippen molar-refractivity contribution >= 4 is 52.0 Å². The van der Waals surface area contributed by atoms with Gasteiger partial charge in [-0.25, -0.2) is 4.79 Å². The summed E-state index contributed by atoms with van der Waals surface area (Å²) in [4.78, 5) is 63.0. The summed E-state index contributed by atoms with van der Waals surface area (Å²) >= 11 is -0.475. The fraction of sp³-hybridized carbons (Fsp3) is 0.385. The normalized spacial score (nSPS) is 16.9. The number of carbonyl (C=O) groups excluding carboxylic acids is 4. The minimum Gasteiger partial charge on any atom is -0.615 e. The zero-order valence-electron chi connectivity index (χ0n) is 22.1. The van der Waals surface area contributed by atoms with Crippen LogP contribution in [0.2, 0.25) is 0 Å². The molecule has 1 aliphatic heterocycles. The van der Waals surface area contributed by atoms with Crippen molar-refractivity contribution in [2.24, 2.45) is 0 Å². The monoisotopic (exact) mass is 591 g/mol. The van der Waals surface area contributed by atoms with Crippen molar-refractivity contribution in [3.63, 3.8) is 0 Å². The van der Waals surface area contributed by atoms with Crippen LogP contribution in [0.4, 0.5) is 5.69 Å². The Labute approximate surface area is 237 Å². The number of rotatable bonds is 13. The van der Waals surface area contributed by atoms with E-state index in [4.69, 9.17) is 9.47 Å². The van der Waals surface area contributed by atoms with E-state index in [0.717, 1.165) is 9.78 Å². The molecule has 1 aromatic carbocycles. The molecular formula is C26H29N3O9S2. The molecule has 14 heteroatoms. The van der Waals surface area contributed by atoms with Gasteiger partial charge in [-0.15, -0.1) is 11.3 Å². The second-order valence-electron chi connectivity index (χ2n) is 8.89. The summed E-state index contributed by atoms with van der Waals surface area (Å²) in [5.41, 5.74) is 0.629. The third kappa shape index (κ3) is 7.67. The standard InChI is InChI=1S/C26H29N3O9S2/c1-4-37-21(31)11-13-40(36)25-22(27-20(30)14-19-6-5-12-39-19)24(32)28(25)23(16(2)3)26(33)38-15-17-7-9-18(10-8-17)29(34)35/h5-10,12,22,25H,4,11,13-15H2,1-3H3,(H,27,30). The highest BCUT2D eigenvalue weighted by molar-refractivity contribution is 7.92. The van der Waals surface area contributed by atoms with Crippen LogP contribution in [0.5, 0.6) is 0 Å². The Balaban J connectivity index is 1.77. The minimum absolute atomic E-state index is 0.0242. The molecule has 1 saturated heterocycles. The summed E-state index contributed by atoms with van der Waals surface area (Å²) in [6, 6.07) is 7.82. The van der Waals surface area contributed by atoms with Crippen LogP contribution in [0.1, 0.15) is 37.6 Å². The highest BCUT2D eigenvalue weighted by atomic mass is 32.2. The van der Waals surface area contributed by atoms with Gasteiger partial charge in [-0.1, -0.05) is 6.07 Å². The van der Waals surface area contributed by atoms with Crippen LogP contribution >= 0.6 is 11.3 Å². The summed E-state index contributed by atoms with van der Waals surface area (Å²) in [6.45, 7) is 4.73. The average molecular weight is 592 g/mol. The second kappa shape index (κ2) is 14.1. The number of hydrogen-bond donors (Lipinski definition) is 1. The van der Waals surface area contributed by atoms with Gasteiger partial charge >= 0.3 is 11.9 Å². The highest BCUT2D eigenvalue weighted by Gasteiger charge is 2.58. The van der Waals surface area contributed by atoms with Gasteiger partial charge in [0.05, 0.1) is 24.4 Å². The summed E-state index contributed by atoms with van der Waals surface area (Å²) in [7, 11) is 0. The molecule has 40 heavy (non-hydrogen) atoms. The van der Waals surface area contributed by atoms with Gasteiger partial charge in [0.15, 0.2) is 6.04 Å². The van der Waals surface area contributed by atoms with Gasteiger partial charge in [0.25, 0.3) is 11.6 Å². The van der Waals surface area contributed by atoms with Crippen LogP contribution in [0.3, 0.4) is 0 Å². The lowest BCUT2D eigenvalue weighted by Gasteiger charge is -2.46. The van der Waals surface area contributed by atoms with E-state index in [-0.39, 0.29) is 43.2 Å². The summed E-state index contributed by atoms with van der Waals surface area (Å²) in [6.07, 6.45) is -0.153. The number of carbonyl (C=O) groups is 4. The van der Waals surface area contributed by atoms with Crippen molar-refractivity contribution in [2.45, 2.75) is 51.6 Å². The van der Waals surface area contributed by atoms with Gasteiger partial charge in [0, 0.05) is 17.0 Å². The molecule has 0 aliphatic carbocycles. The molecule has 0 saturated carbocycles. The molecule has 1 N–H and O–H groups in total. The molecule has 3 atom stereocenters. The molecular weight excluding hydrogens is 562 g/mol. The van der Waals surface area contributed by atoms with Crippen LogP contribution in [-0.2, 0) is 52.9 Å². The number of non-ortho nitro benzene ring substituents is 1. The van der Waals surface area contributed by atoms with Crippen molar-refractivity contribution in [1.29, 1.82) is 0 Å². The van der Waals surface area contributed by atoms with Crippen molar-refractivity contribution in [1.82, 2.24) is 10.2 Å². The average Bonchev–Trinajstić information content (AvgIpc) is 3.42. The van der Waals surface area contributed by atoms with E-state index in [1.165, 1.54) is 35.6 Å². The Morgan fingerprint density at radius 2 is 1.85 bits per heavy atom. The predicted molar refractivity (Wildman–Crippen MR) is 146 cm³/mol. The quantitative estimate of drug-likeness (QED) is 0.0919. The van der Waals surface area contributed by atoms with Crippen LogP contribution in [0.25, 0.3) is 0 Å². The minimum atomic E-state index is -1.85. The number of amides is 2. The van der Waals surface area contributed by atoms with Crippen molar-refractivity contribution in [2.75, 3.05) is 12.4 Å². The predicted octanol–water partition coefficient (Wildman–Crippen LogP) is 2.59. The van der Waals surface area contributed by atoms with E-state index in [2.05, 4.69) is 5.32 Å². The van der Waals surface area contributed by atoms with Crippen LogP contribution in [-0.4, -0.2) is 61.9 Å². The Hall–Kier alpha value is -3.75. The number of nitro groups is 1. The number of nitrogens with one attached hydrogen (secondary N) is 1. The van der Waals surface area contributed by atoms with Gasteiger partial charge in [-0.2, -0.15) is 0 Å². The van der Waals surface area contributed by atoms with Crippen LogP contribution in [0, 0.1) is 10.1 Å². The first-order valence-electron chi connectivity index (χ1n) is 12.3. The molecule has 1 fully saturated rings. The number of β-lactam (4-membered cyclic amide) rings is 1. The smallest absolute Gasteiger partial charge is 0.355 e.